The maximum Gasteiger partial charge on any atom is 0.416 e. The highest BCUT2D eigenvalue weighted by Gasteiger charge is 2.18. The van der Waals surface area contributed by atoms with Gasteiger partial charge in [0.25, 0.3) is 5.56 Å². The van der Waals surface area contributed by atoms with Gasteiger partial charge in [0.2, 0.25) is 11.3 Å². The molecule has 0 unspecified atom stereocenters. The van der Waals surface area contributed by atoms with Crippen molar-refractivity contribution in [3.05, 3.63) is 45.1 Å². The lowest BCUT2D eigenvalue weighted by Crippen LogP contribution is -2.42. The van der Waals surface area contributed by atoms with E-state index >= 15 is 0 Å². The normalized spacial score (nSPS) is 11.3. The van der Waals surface area contributed by atoms with Gasteiger partial charge in [-0.15, -0.1) is 4.68 Å². The summed E-state index contributed by atoms with van der Waals surface area (Å²) in [6.45, 7) is 7.75. The summed E-state index contributed by atoms with van der Waals surface area (Å²) >= 11 is 0. The van der Waals surface area contributed by atoms with E-state index in [1.54, 1.807) is 7.05 Å². The van der Waals surface area contributed by atoms with Crippen LogP contribution in [0.25, 0.3) is 22.6 Å². The van der Waals surface area contributed by atoms with Crippen LogP contribution < -0.4 is 20.7 Å². The van der Waals surface area contributed by atoms with E-state index in [1.807, 2.05) is 24.3 Å². The van der Waals surface area contributed by atoms with Gasteiger partial charge in [0.05, 0.1) is 0 Å². The minimum Gasteiger partial charge on any atom is -0.492 e. The minimum atomic E-state index is -0.504. The molecular weight excluding hydrogens is 360 g/mol. The molecule has 3 aromatic rings. The molecule has 9 nitrogen and oxygen atoms in total. The van der Waals surface area contributed by atoms with Crippen molar-refractivity contribution in [2.45, 2.75) is 13.8 Å². The Labute approximate surface area is 162 Å². The summed E-state index contributed by atoms with van der Waals surface area (Å²) < 4.78 is 8.24. The van der Waals surface area contributed by atoms with Gasteiger partial charge >= 0.3 is 11.3 Å². The first kappa shape index (κ1) is 19.7. The Morgan fingerprint density at radius 1 is 1.18 bits per heavy atom. The molecule has 148 valence electrons. The van der Waals surface area contributed by atoms with Crippen LogP contribution in [0.15, 0.2) is 33.9 Å². The third-order valence-electron chi connectivity index (χ3n) is 4.73. The van der Waals surface area contributed by atoms with Crippen LogP contribution in [0.3, 0.4) is 0 Å². The second-order valence-corrected chi connectivity index (χ2v) is 6.45. The van der Waals surface area contributed by atoms with E-state index in [0.717, 1.165) is 35.5 Å². The molecule has 0 saturated heterocycles. The van der Waals surface area contributed by atoms with E-state index in [4.69, 9.17) is 4.74 Å². The van der Waals surface area contributed by atoms with Crippen LogP contribution in [0.1, 0.15) is 13.8 Å². The molecule has 3 rings (SSSR count). The molecule has 0 spiro atoms. The average Bonchev–Trinajstić information content (AvgIpc) is 2.71. The fourth-order valence-electron chi connectivity index (χ4n) is 2.91. The van der Waals surface area contributed by atoms with Gasteiger partial charge in [-0.05, 0) is 37.4 Å². The molecule has 0 amide bonds. The van der Waals surface area contributed by atoms with Crippen LogP contribution in [-0.4, -0.2) is 50.8 Å². The zero-order valence-electron chi connectivity index (χ0n) is 16.6. The summed E-state index contributed by atoms with van der Waals surface area (Å²) in [6, 6.07) is 7.42. The van der Waals surface area contributed by atoms with Crippen LogP contribution in [0.5, 0.6) is 5.75 Å². The zero-order chi connectivity index (χ0) is 20.3. The molecule has 1 N–H and O–H groups in total. The lowest BCUT2D eigenvalue weighted by molar-refractivity contribution is -0.707. The number of nitrogens with zero attached hydrogens (tertiary/aromatic N) is 5. The molecule has 2 aromatic heterocycles. The molecule has 0 fully saturated rings. The summed E-state index contributed by atoms with van der Waals surface area (Å²) in [5.41, 5.74) is 0.231. The van der Waals surface area contributed by atoms with Gasteiger partial charge in [-0.25, -0.2) is 14.3 Å². The van der Waals surface area contributed by atoms with Gasteiger partial charge in [0, 0.05) is 19.2 Å². The highest BCUT2D eigenvalue weighted by atomic mass is 16.5. The van der Waals surface area contributed by atoms with Gasteiger partial charge in [-0.2, -0.15) is 4.98 Å². The molecule has 0 aliphatic heterocycles. The SMILES string of the molecule is CCN(CC)CCOc1ccc(-c2nc3c(=O)n(C)c(=O)[nH]c3[n+](C)n2)cc1. The second-order valence-electron chi connectivity index (χ2n) is 6.45. The van der Waals surface area contributed by atoms with Crippen molar-refractivity contribution in [1.82, 2.24) is 24.5 Å². The lowest BCUT2D eigenvalue weighted by atomic mass is 10.2. The van der Waals surface area contributed by atoms with Crippen molar-refractivity contribution in [1.29, 1.82) is 0 Å². The molecule has 0 atom stereocenters. The number of ether oxygens (including phenoxy) is 1. The third kappa shape index (κ3) is 3.94. The first-order valence-corrected chi connectivity index (χ1v) is 9.27. The first-order chi connectivity index (χ1) is 13.4. The Bertz CT molecular complexity index is 1080. The fraction of sp³-hybridized carbons (Fsp3) is 0.421. The topological polar surface area (TPSA) is 97.0 Å². The summed E-state index contributed by atoms with van der Waals surface area (Å²) in [6.07, 6.45) is 0. The Kier molecular flexibility index (Phi) is 5.84. The van der Waals surface area contributed by atoms with Crippen LogP contribution in [0, 0.1) is 0 Å². The van der Waals surface area contributed by atoms with Crippen molar-refractivity contribution in [2.24, 2.45) is 14.1 Å². The predicted octanol–water partition coefficient (Wildman–Crippen LogP) is 0.229. The number of rotatable bonds is 7. The van der Waals surface area contributed by atoms with E-state index in [1.165, 1.54) is 11.7 Å². The van der Waals surface area contributed by atoms with E-state index in [9.17, 15) is 9.59 Å². The zero-order valence-corrected chi connectivity index (χ0v) is 16.6. The quantitative estimate of drug-likeness (QED) is 0.585. The number of H-pyrrole nitrogens is 1. The number of aromatic amines is 1. The van der Waals surface area contributed by atoms with Crippen LogP contribution in [-0.2, 0) is 14.1 Å². The maximum atomic E-state index is 12.4. The third-order valence-corrected chi connectivity index (χ3v) is 4.73. The molecule has 0 aliphatic rings. The van der Waals surface area contributed by atoms with Gasteiger partial charge < -0.3 is 9.64 Å². The molecule has 0 radical (unpaired) electrons. The summed E-state index contributed by atoms with van der Waals surface area (Å²) in [7, 11) is 3.07. The van der Waals surface area contributed by atoms with Crippen LogP contribution >= 0.6 is 0 Å². The van der Waals surface area contributed by atoms with Crippen molar-refractivity contribution >= 4 is 11.2 Å². The maximum absolute atomic E-state index is 12.4. The summed E-state index contributed by atoms with van der Waals surface area (Å²) in [5, 5.41) is 4.36. The molecule has 0 bridgehead atoms. The molecule has 1 aromatic carbocycles. The van der Waals surface area contributed by atoms with Crippen molar-refractivity contribution < 1.29 is 9.42 Å². The number of aromatic nitrogens is 5. The van der Waals surface area contributed by atoms with E-state index in [2.05, 4.69) is 33.8 Å². The standard InChI is InChI=1S/C19H24N6O3/c1-5-25(6-2)11-12-28-14-9-7-13(8-10-14)16-20-15-17(24(4)22-16)21-19(27)23(3)18(15)26/h7-10H,5-6,11-12H2,1-4H3/p+1. The Balaban J connectivity index is 1.85. The van der Waals surface area contributed by atoms with Crippen LogP contribution in [0.4, 0.5) is 0 Å². The van der Waals surface area contributed by atoms with E-state index in [-0.39, 0.29) is 11.2 Å². The van der Waals surface area contributed by atoms with Gasteiger partial charge in [0.15, 0.2) is 0 Å². The number of hydrogen-bond acceptors (Lipinski definition) is 6. The number of nitrogens with one attached hydrogen (secondary N) is 1. The Morgan fingerprint density at radius 2 is 1.86 bits per heavy atom. The fourth-order valence-corrected chi connectivity index (χ4v) is 2.91. The number of benzene rings is 1. The first-order valence-electron chi connectivity index (χ1n) is 9.27. The minimum absolute atomic E-state index is 0.161. The van der Waals surface area contributed by atoms with Crippen molar-refractivity contribution in [2.75, 3.05) is 26.2 Å². The average molecular weight is 385 g/mol. The molecule has 9 heteroatoms. The highest BCUT2D eigenvalue weighted by molar-refractivity contribution is 5.67. The molecule has 0 saturated carbocycles. The molecule has 2 heterocycles. The van der Waals surface area contributed by atoms with E-state index < -0.39 is 11.2 Å². The second kappa shape index (κ2) is 8.30. The molecular formula is C19H25N6O3+. The highest BCUT2D eigenvalue weighted by Crippen LogP contribution is 2.19. The number of aryl methyl sites for hydroxylation is 1. The van der Waals surface area contributed by atoms with Crippen molar-refractivity contribution in [3.8, 4) is 17.1 Å². The predicted molar refractivity (Wildman–Crippen MR) is 105 cm³/mol. The van der Waals surface area contributed by atoms with Gasteiger partial charge in [0.1, 0.15) is 19.4 Å². The van der Waals surface area contributed by atoms with Gasteiger partial charge in [-0.1, -0.05) is 18.9 Å². The monoisotopic (exact) mass is 385 g/mol. The lowest BCUT2D eigenvalue weighted by Gasteiger charge is -2.18. The smallest absolute Gasteiger partial charge is 0.416 e. The largest absolute Gasteiger partial charge is 0.492 e. The Hall–Kier alpha value is -3.07. The summed E-state index contributed by atoms with van der Waals surface area (Å²) in [5.74, 6) is 1.16. The number of likely N-dealkylation sites (N-methyl/N-ethyl adjacent to an activating group) is 1. The molecule has 0 aliphatic carbocycles. The van der Waals surface area contributed by atoms with Crippen LogP contribution in [0.2, 0.25) is 0 Å². The number of fused-ring (bicyclic) bond motifs is 1. The summed E-state index contributed by atoms with van der Waals surface area (Å²) in [4.78, 5) is 33.4. The van der Waals surface area contributed by atoms with Crippen molar-refractivity contribution in [3.63, 3.8) is 0 Å². The number of hydrogen-bond donors (Lipinski definition) is 1. The molecule has 28 heavy (non-hydrogen) atoms. The van der Waals surface area contributed by atoms with Gasteiger partial charge in [-0.3, -0.25) is 4.79 Å². The van der Waals surface area contributed by atoms with E-state index in [0.29, 0.717) is 12.4 Å². The Morgan fingerprint density at radius 3 is 2.50 bits per heavy atom.